The van der Waals surface area contributed by atoms with E-state index in [0.717, 1.165) is 22.6 Å². The zero-order valence-electron chi connectivity index (χ0n) is 16.8. The second kappa shape index (κ2) is 7.19. The van der Waals surface area contributed by atoms with E-state index in [1.165, 1.54) is 12.8 Å². The Morgan fingerprint density at radius 2 is 2.00 bits per heavy atom. The molecule has 154 valence electrons. The molecule has 1 aliphatic carbocycles. The molecule has 0 unspecified atom stereocenters. The molecule has 0 aromatic carbocycles. The number of nitrogens with one attached hydrogen (secondary N) is 3. The van der Waals surface area contributed by atoms with Crippen LogP contribution in [-0.4, -0.2) is 34.1 Å². The van der Waals surface area contributed by atoms with Crippen LogP contribution in [-0.2, 0) is 10.0 Å². The number of hydrogen-bond acceptors (Lipinski definition) is 7. The van der Waals surface area contributed by atoms with Crippen molar-refractivity contribution in [3.05, 3.63) is 35.7 Å². The van der Waals surface area contributed by atoms with E-state index in [9.17, 15) is 8.42 Å². The molecule has 3 aromatic heterocycles. The van der Waals surface area contributed by atoms with Crippen LogP contribution >= 0.6 is 11.3 Å². The van der Waals surface area contributed by atoms with Crippen LogP contribution in [0.15, 0.2) is 28.6 Å². The van der Waals surface area contributed by atoms with Gasteiger partial charge in [-0.1, -0.05) is 0 Å². The van der Waals surface area contributed by atoms with Crippen LogP contribution in [0.1, 0.15) is 50.8 Å². The highest BCUT2D eigenvalue weighted by atomic mass is 32.2. The summed E-state index contributed by atoms with van der Waals surface area (Å²) in [4.78, 5) is 9.66. The molecular weight excluding hydrogens is 408 g/mol. The maximum atomic E-state index is 12.6. The predicted octanol–water partition coefficient (Wildman–Crippen LogP) is 3.93. The van der Waals surface area contributed by atoms with Crippen LogP contribution < -0.4 is 10.0 Å². The van der Waals surface area contributed by atoms with E-state index >= 15 is 0 Å². The first-order valence-corrected chi connectivity index (χ1v) is 11.7. The van der Waals surface area contributed by atoms with Crippen molar-refractivity contribution in [1.82, 2.24) is 24.9 Å². The average Bonchev–Trinajstić information content (AvgIpc) is 3.15. The lowest BCUT2D eigenvalue weighted by molar-refractivity contribution is 0.492. The van der Waals surface area contributed by atoms with Crippen LogP contribution in [0.25, 0.3) is 10.7 Å². The molecule has 4 rings (SSSR count). The van der Waals surface area contributed by atoms with Crippen molar-refractivity contribution in [3.63, 3.8) is 0 Å². The van der Waals surface area contributed by atoms with E-state index in [0.29, 0.717) is 28.3 Å². The minimum atomic E-state index is -3.59. The van der Waals surface area contributed by atoms with E-state index in [4.69, 9.17) is 0 Å². The van der Waals surface area contributed by atoms with Gasteiger partial charge in [0.1, 0.15) is 10.0 Å². The van der Waals surface area contributed by atoms with Gasteiger partial charge in [-0.15, -0.1) is 11.3 Å². The first kappa shape index (κ1) is 20.0. The Morgan fingerprint density at radius 1 is 1.24 bits per heavy atom. The fraction of sp³-hybridized carbons (Fsp3) is 0.421. The van der Waals surface area contributed by atoms with E-state index in [1.807, 2.05) is 33.8 Å². The lowest BCUT2D eigenvalue weighted by Crippen LogP contribution is -2.40. The van der Waals surface area contributed by atoms with E-state index < -0.39 is 15.6 Å². The third-order valence-electron chi connectivity index (χ3n) is 4.34. The van der Waals surface area contributed by atoms with Crippen molar-refractivity contribution in [2.45, 2.75) is 56.2 Å². The van der Waals surface area contributed by atoms with Crippen molar-refractivity contribution in [2.75, 3.05) is 5.32 Å². The largest absolute Gasteiger partial charge is 0.323 e. The first-order valence-electron chi connectivity index (χ1n) is 9.41. The van der Waals surface area contributed by atoms with Gasteiger partial charge < -0.3 is 5.32 Å². The molecule has 0 bridgehead atoms. The maximum Gasteiger partial charge on any atom is 0.250 e. The zero-order chi connectivity index (χ0) is 20.8. The number of aromatic amines is 1. The standard InChI is InChI=1S/C19H24N6O2S2/c1-11-10-20-18(14-7-8-16(28-14)29(26,27)25-19(2,3)4)22-17(11)21-15-9-13(23-24-15)12-5-6-12/h7-10,12,25H,5-6H2,1-4H3,(H2,20,21,22,23,24). The first-order chi connectivity index (χ1) is 13.6. The lowest BCUT2D eigenvalue weighted by atomic mass is 10.1. The number of hydrogen-bond donors (Lipinski definition) is 3. The molecule has 0 amide bonds. The number of aromatic nitrogens is 4. The summed E-state index contributed by atoms with van der Waals surface area (Å²) in [6, 6.07) is 5.32. The van der Waals surface area contributed by atoms with Crippen molar-refractivity contribution in [1.29, 1.82) is 0 Å². The molecule has 3 heterocycles. The highest BCUT2D eigenvalue weighted by Crippen LogP contribution is 2.39. The van der Waals surface area contributed by atoms with Gasteiger partial charge in [-0.3, -0.25) is 5.10 Å². The molecule has 0 saturated heterocycles. The van der Waals surface area contributed by atoms with Crippen molar-refractivity contribution in [2.24, 2.45) is 0 Å². The second-order valence-corrected chi connectivity index (χ2v) is 11.3. The highest BCUT2D eigenvalue weighted by Gasteiger charge is 2.26. The van der Waals surface area contributed by atoms with Gasteiger partial charge in [-0.05, 0) is 52.7 Å². The zero-order valence-corrected chi connectivity index (χ0v) is 18.4. The monoisotopic (exact) mass is 432 g/mol. The molecule has 1 saturated carbocycles. The number of rotatable bonds is 6. The van der Waals surface area contributed by atoms with Gasteiger partial charge in [0.25, 0.3) is 10.0 Å². The summed E-state index contributed by atoms with van der Waals surface area (Å²) in [5.74, 6) is 2.42. The normalized spacial score (nSPS) is 14.9. The van der Waals surface area contributed by atoms with Gasteiger partial charge >= 0.3 is 0 Å². The Kier molecular flexibility index (Phi) is 4.96. The number of sulfonamides is 1. The topological polar surface area (TPSA) is 113 Å². The molecule has 0 spiro atoms. The van der Waals surface area contributed by atoms with E-state index in [1.54, 1.807) is 18.3 Å². The van der Waals surface area contributed by atoms with Crippen molar-refractivity contribution in [3.8, 4) is 10.7 Å². The van der Waals surface area contributed by atoms with Gasteiger partial charge in [0.2, 0.25) is 0 Å². The summed E-state index contributed by atoms with van der Waals surface area (Å²) in [5, 5.41) is 10.6. The molecule has 8 nitrogen and oxygen atoms in total. The molecule has 1 fully saturated rings. The molecule has 1 aliphatic rings. The minimum absolute atomic E-state index is 0.238. The Balaban J connectivity index is 1.58. The van der Waals surface area contributed by atoms with E-state index in [-0.39, 0.29) is 4.21 Å². The number of nitrogens with zero attached hydrogens (tertiary/aromatic N) is 3. The van der Waals surface area contributed by atoms with Crippen LogP contribution in [0.5, 0.6) is 0 Å². The SMILES string of the molecule is Cc1cnc(-c2ccc(S(=O)(=O)NC(C)(C)C)s2)nc1Nc1cc(C2CC2)[nH]n1. The van der Waals surface area contributed by atoms with Crippen molar-refractivity contribution < 1.29 is 8.42 Å². The quantitative estimate of drug-likeness (QED) is 0.544. The van der Waals surface area contributed by atoms with Gasteiger partial charge in [0.15, 0.2) is 11.6 Å². The third-order valence-corrected chi connectivity index (χ3v) is 7.67. The summed E-state index contributed by atoms with van der Waals surface area (Å²) in [5.41, 5.74) is 1.46. The Labute approximate surface area is 174 Å². The average molecular weight is 433 g/mol. The summed E-state index contributed by atoms with van der Waals surface area (Å²) in [7, 11) is -3.59. The van der Waals surface area contributed by atoms with E-state index in [2.05, 4.69) is 30.2 Å². The number of thiophene rings is 1. The Bertz CT molecular complexity index is 1140. The number of anilines is 2. The summed E-state index contributed by atoms with van der Waals surface area (Å²) < 4.78 is 28.0. The molecule has 10 heteroatoms. The molecule has 3 aromatic rings. The minimum Gasteiger partial charge on any atom is -0.323 e. The lowest BCUT2D eigenvalue weighted by Gasteiger charge is -2.19. The summed E-state index contributed by atoms with van der Waals surface area (Å²) >= 11 is 1.15. The van der Waals surface area contributed by atoms with Crippen LogP contribution in [0.4, 0.5) is 11.6 Å². The fourth-order valence-electron chi connectivity index (χ4n) is 2.85. The number of aryl methyl sites for hydroxylation is 1. The van der Waals surface area contributed by atoms with Gasteiger partial charge in [0.05, 0.1) is 4.88 Å². The molecule has 3 N–H and O–H groups in total. The van der Waals surface area contributed by atoms with Crippen LogP contribution in [0, 0.1) is 6.92 Å². The Morgan fingerprint density at radius 3 is 2.69 bits per heavy atom. The fourth-order valence-corrected chi connectivity index (χ4v) is 5.52. The maximum absolute atomic E-state index is 12.6. The molecule has 0 radical (unpaired) electrons. The van der Waals surface area contributed by atoms with Gasteiger partial charge in [-0.25, -0.2) is 23.1 Å². The molecule has 29 heavy (non-hydrogen) atoms. The van der Waals surface area contributed by atoms with Crippen LogP contribution in [0.3, 0.4) is 0 Å². The smallest absolute Gasteiger partial charge is 0.250 e. The van der Waals surface area contributed by atoms with Gasteiger partial charge in [0, 0.05) is 35.0 Å². The van der Waals surface area contributed by atoms with Gasteiger partial charge in [-0.2, -0.15) is 5.10 Å². The predicted molar refractivity (Wildman–Crippen MR) is 114 cm³/mol. The van der Waals surface area contributed by atoms with Crippen LogP contribution in [0.2, 0.25) is 0 Å². The highest BCUT2D eigenvalue weighted by molar-refractivity contribution is 7.91. The molecule has 0 aliphatic heterocycles. The second-order valence-electron chi connectivity index (χ2n) is 8.31. The Hall–Kier alpha value is -2.30. The van der Waals surface area contributed by atoms with Crippen molar-refractivity contribution >= 4 is 33.0 Å². The molecule has 0 atom stereocenters. The third kappa shape index (κ3) is 4.65. The summed E-state index contributed by atoms with van der Waals surface area (Å²) in [6.45, 7) is 7.34. The summed E-state index contributed by atoms with van der Waals surface area (Å²) in [6.07, 6.45) is 4.12. The molecular formula is C19H24N6O2S2. The number of H-pyrrole nitrogens is 1.